The van der Waals surface area contributed by atoms with E-state index in [4.69, 9.17) is 5.73 Å². The number of hydrogen-bond acceptors (Lipinski definition) is 2. The molecule has 1 aliphatic rings. The number of carbonyl (C=O) groups is 1. The topological polar surface area (TPSA) is 67.1 Å². The molecular formula is C13H16F3N3O. The van der Waals surface area contributed by atoms with E-state index >= 15 is 0 Å². The fraction of sp³-hybridized carbons (Fsp3) is 0.462. The molecule has 0 spiro atoms. The van der Waals surface area contributed by atoms with Gasteiger partial charge in [-0.1, -0.05) is 6.07 Å². The molecule has 0 radical (unpaired) electrons. The molecule has 1 aromatic carbocycles. The van der Waals surface area contributed by atoms with Crippen LogP contribution in [0.25, 0.3) is 0 Å². The quantitative estimate of drug-likeness (QED) is 0.732. The van der Waals surface area contributed by atoms with E-state index in [0.29, 0.717) is 12.1 Å². The molecule has 0 saturated heterocycles. The maximum atomic E-state index is 12.0. The molecule has 4 nitrogen and oxygen atoms in total. The number of carbonyl (C=O) groups excluding carboxylic acids is 1. The third-order valence-corrected chi connectivity index (χ3v) is 3.24. The second-order valence-electron chi connectivity index (χ2n) is 4.85. The molecule has 2 amide bonds. The Morgan fingerprint density at radius 2 is 2.15 bits per heavy atom. The number of benzene rings is 1. The van der Waals surface area contributed by atoms with Crippen LogP contribution in [0.1, 0.15) is 30.0 Å². The lowest BCUT2D eigenvalue weighted by Gasteiger charge is -2.26. The van der Waals surface area contributed by atoms with Gasteiger partial charge in [-0.2, -0.15) is 13.2 Å². The first kappa shape index (κ1) is 14.5. The molecule has 7 heteroatoms. The molecule has 0 saturated carbocycles. The summed E-state index contributed by atoms with van der Waals surface area (Å²) in [6, 6.07) is 4.31. The zero-order valence-corrected chi connectivity index (χ0v) is 10.8. The number of alkyl halides is 3. The smallest absolute Gasteiger partial charge is 0.399 e. The van der Waals surface area contributed by atoms with Crippen LogP contribution in [0.3, 0.4) is 0 Å². The van der Waals surface area contributed by atoms with Crippen molar-refractivity contribution in [3.63, 3.8) is 0 Å². The van der Waals surface area contributed by atoms with E-state index in [2.05, 4.69) is 5.32 Å². The van der Waals surface area contributed by atoms with Gasteiger partial charge in [0.05, 0.1) is 6.04 Å². The zero-order chi connectivity index (χ0) is 14.8. The van der Waals surface area contributed by atoms with Crippen LogP contribution in [-0.2, 0) is 6.42 Å². The predicted molar refractivity (Wildman–Crippen MR) is 69.1 cm³/mol. The van der Waals surface area contributed by atoms with Gasteiger partial charge in [0, 0.05) is 5.69 Å². The Labute approximate surface area is 114 Å². The van der Waals surface area contributed by atoms with Gasteiger partial charge >= 0.3 is 12.2 Å². The minimum absolute atomic E-state index is 0.271. The number of fused-ring (bicyclic) bond motifs is 1. The summed E-state index contributed by atoms with van der Waals surface area (Å²) in [5.41, 5.74) is 8.31. The number of amides is 2. The van der Waals surface area contributed by atoms with Gasteiger partial charge in [-0.15, -0.1) is 0 Å². The molecule has 1 unspecified atom stereocenters. The van der Waals surface area contributed by atoms with Gasteiger partial charge in [0.2, 0.25) is 0 Å². The van der Waals surface area contributed by atoms with Crippen molar-refractivity contribution in [1.82, 2.24) is 10.6 Å². The molecule has 20 heavy (non-hydrogen) atoms. The third kappa shape index (κ3) is 3.79. The monoisotopic (exact) mass is 287 g/mol. The van der Waals surface area contributed by atoms with Crippen LogP contribution in [0.2, 0.25) is 0 Å². The van der Waals surface area contributed by atoms with Crippen LogP contribution in [-0.4, -0.2) is 18.8 Å². The van der Waals surface area contributed by atoms with Gasteiger partial charge in [0.25, 0.3) is 0 Å². The number of halogens is 3. The molecule has 4 N–H and O–H groups in total. The maximum absolute atomic E-state index is 12.0. The van der Waals surface area contributed by atoms with Gasteiger partial charge in [-0.3, -0.25) is 0 Å². The Balaban J connectivity index is 2.00. The van der Waals surface area contributed by atoms with E-state index < -0.39 is 18.8 Å². The van der Waals surface area contributed by atoms with Crippen molar-refractivity contribution in [2.24, 2.45) is 0 Å². The number of nitrogens with two attached hydrogens (primary N) is 1. The highest BCUT2D eigenvalue weighted by Crippen LogP contribution is 2.30. The van der Waals surface area contributed by atoms with Gasteiger partial charge in [-0.25, -0.2) is 4.79 Å². The second kappa shape index (κ2) is 5.60. The average molecular weight is 287 g/mol. The molecule has 0 bridgehead atoms. The molecule has 110 valence electrons. The van der Waals surface area contributed by atoms with Gasteiger partial charge in [0.15, 0.2) is 0 Å². The Kier molecular flexibility index (Phi) is 4.06. The first-order valence-corrected chi connectivity index (χ1v) is 6.34. The van der Waals surface area contributed by atoms with Crippen molar-refractivity contribution >= 4 is 11.7 Å². The van der Waals surface area contributed by atoms with Crippen molar-refractivity contribution in [2.75, 3.05) is 12.3 Å². The summed E-state index contributed by atoms with van der Waals surface area (Å²) in [4.78, 5) is 11.5. The minimum Gasteiger partial charge on any atom is -0.399 e. The summed E-state index contributed by atoms with van der Waals surface area (Å²) in [6.45, 7) is -1.33. The van der Waals surface area contributed by atoms with Crippen molar-refractivity contribution in [2.45, 2.75) is 31.5 Å². The standard InChI is InChI=1S/C13H16F3N3O/c14-13(15,16)7-18-12(20)19-11-3-1-2-8-6-9(17)4-5-10(8)11/h4-6,11H,1-3,7,17H2,(H2,18,19,20). The third-order valence-electron chi connectivity index (χ3n) is 3.24. The summed E-state index contributed by atoms with van der Waals surface area (Å²) in [6.07, 6.45) is -1.98. The zero-order valence-electron chi connectivity index (χ0n) is 10.8. The lowest BCUT2D eigenvalue weighted by Crippen LogP contribution is -2.42. The number of aryl methyl sites for hydroxylation is 1. The van der Waals surface area contributed by atoms with Crippen molar-refractivity contribution in [1.29, 1.82) is 0 Å². The Hall–Kier alpha value is -1.92. The van der Waals surface area contributed by atoms with E-state index in [9.17, 15) is 18.0 Å². The molecule has 0 fully saturated rings. The number of nitrogens with one attached hydrogen (secondary N) is 2. The Morgan fingerprint density at radius 1 is 1.40 bits per heavy atom. The summed E-state index contributed by atoms with van der Waals surface area (Å²) in [7, 11) is 0. The summed E-state index contributed by atoms with van der Waals surface area (Å²) >= 11 is 0. The number of urea groups is 1. The fourth-order valence-corrected chi connectivity index (χ4v) is 2.37. The van der Waals surface area contributed by atoms with Crippen LogP contribution < -0.4 is 16.4 Å². The summed E-state index contributed by atoms with van der Waals surface area (Å²) in [5, 5.41) is 4.39. The van der Waals surface area contributed by atoms with Crippen LogP contribution in [0.15, 0.2) is 18.2 Å². The fourth-order valence-electron chi connectivity index (χ4n) is 2.37. The molecule has 0 aromatic heterocycles. The van der Waals surface area contributed by atoms with Crippen molar-refractivity contribution in [3.05, 3.63) is 29.3 Å². The highest BCUT2D eigenvalue weighted by Gasteiger charge is 2.28. The normalized spacial score (nSPS) is 18.2. The minimum atomic E-state index is -4.41. The largest absolute Gasteiger partial charge is 0.405 e. The lowest BCUT2D eigenvalue weighted by atomic mass is 9.87. The van der Waals surface area contributed by atoms with Crippen LogP contribution in [0.5, 0.6) is 0 Å². The van der Waals surface area contributed by atoms with E-state index in [1.807, 2.05) is 17.4 Å². The van der Waals surface area contributed by atoms with E-state index in [0.717, 1.165) is 24.0 Å². The molecular weight excluding hydrogens is 271 g/mol. The number of nitrogen functional groups attached to an aromatic ring is 1. The second-order valence-corrected chi connectivity index (χ2v) is 4.85. The highest BCUT2D eigenvalue weighted by molar-refractivity contribution is 5.74. The van der Waals surface area contributed by atoms with E-state index in [-0.39, 0.29) is 6.04 Å². The summed E-state index contributed by atoms with van der Waals surface area (Å²) < 4.78 is 36.1. The van der Waals surface area contributed by atoms with Crippen LogP contribution >= 0.6 is 0 Å². The molecule has 0 aliphatic heterocycles. The van der Waals surface area contributed by atoms with E-state index in [1.165, 1.54) is 0 Å². The molecule has 1 aliphatic carbocycles. The maximum Gasteiger partial charge on any atom is 0.405 e. The number of anilines is 1. The van der Waals surface area contributed by atoms with Gasteiger partial charge < -0.3 is 16.4 Å². The highest BCUT2D eigenvalue weighted by atomic mass is 19.4. The predicted octanol–water partition coefficient (Wildman–Crippen LogP) is 2.51. The molecule has 0 heterocycles. The first-order chi connectivity index (χ1) is 9.35. The number of rotatable bonds is 2. The van der Waals surface area contributed by atoms with Gasteiger partial charge in [-0.05, 0) is 42.5 Å². The number of hydrogen-bond donors (Lipinski definition) is 3. The van der Waals surface area contributed by atoms with Crippen molar-refractivity contribution < 1.29 is 18.0 Å². The molecule has 1 aromatic rings. The Morgan fingerprint density at radius 3 is 2.85 bits per heavy atom. The Bertz CT molecular complexity index is 502. The van der Waals surface area contributed by atoms with Gasteiger partial charge in [0.1, 0.15) is 6.54 Å². The lowest BCUT2D eigenvalue weighted by molar-refractivity contribution is -0.122. The SMILES string of the molecule is Nc1ccc2c(c1)CCCC2NC(=O)NCC(F)(F)F. The van der Waals surface area contributed by atoms with Crippen LogP contribution in [0.4, 0.5) is 23.7 Å². The summed E-state index contributed by atoms with van der Waals surface area (Å²) in [5.74, 6) is 0. The average Bonchev–Trinajstić information content (AvgIpc) is 2.35. The van der Waals surface area contributed by atoms with E-state index in [1.54, 1.807) is 6.07 Å². The first-order valence-electron chi connectivity index (χ1n) is 6.34. The molecule has 2 rings (SSSR count). The van der Waals surface area contributed by atoms with Crippen molar-refractivity contribution in [3.8, 4) is 0 Å². The van der Waals surface area contributed by atoms with Crippen LogP contribution in [0, 0.1) is 0 Å². The molecule has 1 atom stereocenters.